The number of piperidine rings is 1. The number of hydrogen-bond donors (Lipinski definition) is 5. The molecular formula is C39H37N7O6. The number of aliphatic hydroxyl groups is 1. The van der Waals surface area contributed by atoms with Crippen LogP contribution < -0.4 is 21.3 Å². The molecule has 0 bridgehead atoms. The van der Waals surface area contributed by atoms with Crippen molar-refractivity contribution in [2.24, 2.45) is 5.92 Å². The second-order valence-corrected chi connectivity index (χ2v) is 13.6. The Morgan fingerprint density at radius 2 is 1.73 bits per heavy atom. The summed E-state index contributed by atoms with van der Waals surface area (Å²) in [5, 5.41) is 21.9. The van der Waals surface area contributed by atoms with E-state index in [0.29, 0.717) is 11.4 Å². The molecule has 1 unspecified atom stereocenters. The first kappa shape index (κ1) is 33.2. The number of fused-ring (bicyclic) bond motifs is 4. The number of imide groups is 2. The van der Waals surface area contributed by atoms with E-state index in [0.717, 1.165) is 41.2 Å². The van der Waals surface area contributed by atoms with Crippen LogP contribution in [0.15, 0.2) is 85.2 Å². The van der Waals surface area contributed by atoms with Gasteiger partial charge in [0.2, 0.25) is 17.7 Å². The van der Waals surface area contributed by atoms with Crippen LogP contribution >= 0.6 is 0 Å². The van der Waals surface area contributed by atoms with Gasteiger partial charge in [-0.25, -0.2) is 0 Å². The van der Waals surface area contributed by atoms with E-state index in [1.54, 1.807) is 18.2 Å². The summed E-state index contributed by atoms with van der Waals surface area (Å²) in [5.74, 6) is -2.50. The molecule has 2 saturated heterocycles. The number of hydrogen-bond acceptors (Lipinski definition) is 10. The maximum Gasteiger partial charge on any atom is 0.264 e. The van der Waals surface area contributed by atoms with Gasteiger partial charge >= 0.3 is 0 Å². The molecule has 5 amide bonds. The lowest BCUT2D eigenvalue weighted by atomic mass is 9.82. The second kappa shape index (κ2) is 13.7. The Morgan fingerprint density at radius 3 is 2.54 bits per heavy atom. The zero-order valence-corrected chi connectivity index (χ0v) is 28.2. The van der Waals surface area contributed by atoms with Gasteiger partial charge in [-0.05, 0) is 90.2 Å². The number of carbonyl (C=O) groups excluding carboxylic acids is 5. The first-order valence-electron chi connectivity index (χ1n) is 17.4. The van der Waals surface area contributed by atoms with Crippen LogP contribution in [0, 0.1) is 5.92 Å². The van der Waals surface area contributed by atoms with E-state index in [1.165, 1.54) is 17.2 Å². The van der Waals surface area contributed by atoms with Crippen LogP contribution in [0.3, 0.4) is 0 Å². The Balaban J connectivity index is 0.969. The molecule has 4 aromatic rings. The highest BCUT2D eigenvalue weighted by Gasteiger charge is 2.46. The molecule has 13 heteroatoms. The number of carbonyl (C=O) groups is 5. The quantitative estimate of drug-likeness (QED) is 0.163. The number of rotatable bonds is 9. The van der Waals surface area contributed by atoms with Crippen molar-refractivity contribution in [2.45, 2.75) is 43.9 Å². The summed E-state index contributed by atoms with van der Waals surface area (Å²) in [6.07, 6.45) is 4.68. The summed E-state index contributed by atoms with van der Waals surface area (Å²) >= 11 is 0. The van der Waals surface area contributed by atoms with Crippen molar-refractivity contribution in [1.29, 1.82) is 0 Å². The van der Waals surface area contributed by atoms with Crippen LogP contribution in [0.5, 0.6) is 0 Å². The Bertz CT molecular complexity index is 2110. The standard InChI is InChI=1S/C39H37N7O6/c47-21-31-26-13-16-45(20-22-11-14-40-15-12-22)36(26)28-18-24(7-8-29(28)43-31)23-3-1-4-25(17-23)42-34(49)19-41-30-6-2-5-27-35(30)39(52)46(38(27)51)32-9-10-33(48)44-37(32)50/h1-8,11-12,14-15,17-18,26,31-32,36,41,43,47H,9-10,13,16,19-21H2,(H,42,49)(H,44,48,50)/t26-,31-,32?,36-/m1/s1. The molecular weight excluding hydrogens is 662 g/mol. The van der Waals surface area contributed by atoms with Gasteiger partial charge in [0.1, 0.15) is 6.04 Å². The molecule has 13 nitrogen and oxygen atoms in total. The van der Waals surface area contributed by atoms with Crippen LogP contribution in [-0.2, 0) is 20.9 Å². The van der Waals surface area contributed by atoms with Crippen LogP contribution in [-0.4, -0.2) is 81.2 Å². The number of aliphatic hydroxyl groups excluding tert-OH is 1. The topological polar surface area (TPSA) is 173 Å². The van der Waals surface area contributed by atoms with Crippen LogP contribution in [0.2, 0.25) is 0 Å². The van der Waals surface area contributed by atoms with Crippen LogP contribution in [0.1, 0.15) is 57.1 Å². The van der Waals surface area contributed by atoms with E-state index < -0.39 is 29.7 Å². The van der Waals surface area contributed by atoms with E-state index in [1.807, 2.05) is 48.8 Å². The van der Waals surface area contributed by atoms with Gasteiger partial charge < -0.3 is 21.1 Å². The van der Waals surface area contributed by atoms with E-state index in [4.69, 9.17) is 0 Å². The molecule has 8 rings (SSSR count). The lowest BCUT2D eigenvalue weighted by Gasteiger charge is -2.39. The fourth-order valence-electron chi connectivity index (χ4n) is 8.06. The highest BCUT2D eigenvalue weighted by atomic mass is 16.3. The molecule has 4 aliphatic heterocycles. The molecule has 0 spiro atoms. The maximum atomic E-state index is 13.4. The van der Waals surface area contributed by atoms with E-state index in [9.17, 15) is 29.1 Å². The minimum Gasteiger partial charge on any atom is -0.394 e. The molecule has 3 aromatic carbocycles. The van der Waals surface area contributed by atoms with Gasteiger partial charge in [0.05, 0.1) is 30.3 Å². The Morgan fingerprint density at radius 1 is 0.923 bits per heavy atom. The fourth-order valence-corrected chi connectivity index (χ4v) is 8.06. The summed E-state index contributed by atoms with van der Waals surface area (Å²) in [4.78, 5) is 71.4. The third-order valence-electron chi connectivity index (χ3n) is 10.5. The molecule has 0 saturated carbocycles. The fraction of sp³-hybridized carbons (Fsp3) is 0.282. The van der Waals surface area contributed by atoms with Gasteiger partial charge in [0.25, 0.3) is 11.8 Å². The number of nitrogens with zero attached hydrogens (tertiary/aromatic N) is 3. The molecule has 4 atom stereocenters. The predicted octanol–water partition coefficient (Wildman–Crippen LogP) is 3.55. The van der Waals surface area contributed by atoms with Gasteiger partial charge in [0.15, 0.2) is 0 Å². The maximum absolute atomic E-state index is 13.4. The molecule has 1 aromatic heterocycles. The molecule has 52 heavy (non-hydrogen) atoms. The Labute approximate surface area is 299 Å². The summed E-state index contributed by atoms with van der Waals surface area (Å²) in [6.45, 7) is 1.58. The minimum atomic E-state index is -1.08. The van der Waals surface area contributed by atoms with E-state index in [-0.39, 0.29) is 61.0 Å². The zero-order chi connectivity index (χ0) is 35.9. The lowest BCUT2D eigenvalue weighted by molar-refractivity contribution is -0.136. The van der Waals surface area contributed by atoms with Crippen molar-refractivity contribution in [2.75, 3.05) is 35.6 Å². The van der Waals surface area contributed by atoms with Gasteiger partial charge in [-0.15, -0.1) is 0 Å². The van der Waals surface area contributed by atoms with E-state index >= 15 is 0 Å². The minimum absolute atomic E-state index is 0.0254. The van der Waals surface area contributed by atoms with Gasteiger partial charge in [-0.1, -0.05) is 24.3 Å². The number of anilines is 3. The molecule has 4 aliphatic rings. The van der Waals surface area contributed by atoms with Gasteiger partial charge in [0, 0.05) is 54.4 Å². The Kier molecular flexibility index (Phi) is 8.73. The Hall–Kier alpha value is -5.92. The summed E-state index contributed by atoms with van der Waals surface area (Å²) in [6, 6.07) is 21.7. The largest absolute Gasteiger partial charge is 0.394 e. The highest BCUT2D eigenvalue weighted by molar-refractivity contribution is 6.25. The first-order valence-corrected chi connectivity index (χ1v) is 17.4. The van der Waals surface area contributed by atoms with Crippen LogP contribution in [0.4, 0.5) is 17.1 Å². The molecule has 5 N–H and O–H groups in total. The average molecular weight is 700 g/mol. The summed E-state index contributed by atoms with van der Waals surface area (Å²) in [5.41, 5.74) is 6.40. The SMILES string of the molecule is O=C1CCC(N2C(=O)c3cccc(NCC(=O)Nc4cccc(-c5ccc6c(c5)[C@H]5[C@H](CCN5Cc5ccncc5)[C@@H](CO)N6)c4)c3C2=O)C(=O)N1. The van der Waals surface area contributed by atoms with Crippen molar-refractivity contribution in [3.63, 3.8) is 0 Å². The average Bonchev–Trinajstić information content (AvgIpc) is 3.69. The van der Waals surface area contributed by atoms with Gasteiger partial charge in [-0.3, -0.25) is 44.1 Å². The first-order chi connectivity index (χ1) is 25.3. The van der Waals surface area contributed by atoms with Crippen molar-refractivity contribution >= 4 is 46.6 Å². The molecule has 264 valence electrons. The van der Waals surface area contributed by atoms with Crippen molar-refractivity contribution in [1.82, 2.24) is 20.1 Å². The smallest absolute Gasteiger partial charge is 0.264 e. The number of benzene rings is 3. The second-order valence-electron chi connectivity index (χ2n) is 13.6. The van der Waals surface area contributed by atoms with Crippen molar-refractivity contribution in [3.8, 4) is 11.1 Å². The third kappa shape index (κ3) is 6.07. The molecule has 0 aliphatic carbocycles. The number of nitrogens with one attached hydrogen (secondary N) is 4. The van der Waals surface area contributed by atoms with Crippen LogP contribution in [0.25, 0.3) is 11.1 Å². The highest BCUT2D eigenvalue weighted by Crippen LogP contribution is 2.48. The summed E-state index contributed by atoms with van der Waals surface area (Å²) in [7, 11) is 0. The number of amides is 5. The van der Waals surface area contributed by atoms with Crippen molar-refractivity contribution < 1.29 is 29.1 Å². The lowest BCUT2D eigenvalue weighted by Crippen LogP contribution is -2.54. The zero-order valence-electron chi connectivity index (χ0n) is 28.2. The number of aromatic nitrogens is 1. The molecule has 2 fully saturated rings. The predicted molar refractivity (Wildman–Crippen MR) is 192 cm³/mol. The monoisotopic (exact) mass is 699 g/mol. The van der Waals surface area contributed by atoms with Crippen molar-refractivity contribution in [3.05, 3.63) is 107 Å². The normalized spacial score (nSPS) is 22.3. The molecule has 0 radical (unpaired) electrons. The number of pyridine rings is 1. The summed E-state index contributed by atoms with van der Waals surface area (Å²) < 4.78 is 0. The third-order valence-corrected chi connectivity index (χ3v) is 10.5. The molecule has 5 heterocycles. The number of likely N-dealkylation sites (tertiary alicyclic amines) is 1. The van der Waals surface area contributed by atoms with E-state index in [2.05, 4.69) is 43.3 Å². The van der Waals surface area contributed by atoms with Gasteiger partial charge in [-0.2, -0.15) is 0 Å².